The van der Waals surface area contributed by atoms with Crippen LogP contribution in [0.3, 0.4) is 0 Å². The maximum Gasteiger partial charge on any atom is 0.223 e. The van der Waals surface area contributed by atoms with E-state index in [-0.39, 0.29) is 18.4 Å². The summed E-state index contributed by atoms with van der Waals surface area (Å²) in [6, 6.07) is 0. The molecule has 2 unspecified atom stereocenters. The van der Waals surface area contributed by atoms with Crippen LogP contribution in [0.15, 0.2) is 0 Å². The highest BCUT2D eigenvalue weighted by Gasteiger charge is 2.29. The van der Waals surface area contributed by atoms with Crippen molar-refractivity contribution in [3.05, 3.63) is 0 Å². The molecule has 5 nitrogen and oxygen atoms in total. The van der Waals surface area contributed by atoms with Gasteiger partial charge in [0.15, 0.2) is 0 Å². The van der Waals surface area contributed by atoms with Gasteiger partial charge in [-0.05, 0) is 31.7 Å². The van der Waals surface area contributed by atoms with Gasteiger partial charge in [-0.1, -0.05) is 12.8 Å². The number of nitrogens with two attached hydrogens (primary N) is 1. The Balaban J connectivity index is 2.14. The van der Waals surface area contributed by atoms with Crippen LogP contribution in [0.25, 0.3) is 0 Å². The molecule has 1 saturated carbocycles. The van der Waals surface area contributed by atoms with Gasteiger partial charge in [0.25, 0.3) is 0 Å². The number of hydrogen-bond donors (Lipinski definition) is 3. The maximum absolute atomic E-state index is 12.0. The number of carbonyl (C=O) groups is 1. The summed E-state index contributed by atoms with van der Waals surface area (Å²) in [6.07, 6.45) is 5.16. The number of aliphatic hydroxyl groups is 1. The number of aliphatic hydroxyl groups excluding tert-OH is 1. The van der Waals surface area contributed by atoms with Crippen molar-refractivity contribution < 1.29 is 14.6 Å². The summed E-state index contributed by atoms with van der Waals surface area (Å²) in [5, 5.41) is 11.5. The van der Waals surface area contributed by atoms with Gasteiger partial charge in [-0.2, -0.15) is 0 Å². The van der Waals surface area contributed by atoms with Crippen LogP contribution in [0, 0.1) is 11.8 Å². The zero-order valence-electron chi connectivity index (χ0n) is 11.1. The van der Waals surface area contributed by atoms with Gasteiger partial charge >= 0.3 is 0 Å². The number of carbonyl (C=O) groups excluding carboxylic acids is 1. The van der Waals surface area contributed by atoms with Crippen molar-refractivity contribution in [3.8, 4) is 0 Å². The molecule has 0 aliphatic heterocycles. The molecule has 0 bridgehead atoms. The van der Waals surface area contributed by atoms with Gasteiger partial charge in [-0.3, -0.25) is 4.79 Å². The van der Waals surface area contributed by atoms with Gasteiger partial charge < -0.3 is 20.9 Å². The van der Waals surface area contributed by atoms with Crippen molar-refractivity contribution in [2.45, 2.75) is 32.1 Å². The second-order valence-corrected chi connectivity index (χ2v) is 4.87. The molecule has 2 atom stereocenters. The van der Waals surface area contributed by atoms with Gasteiger partial charge in [0, 0.05) is 19.1 Å². The lowest BCUT2D eigenvalue weighted by atomic mass is 9.79. The summed E-state index contributed by atoms with van der Waals surface area (Å²) < 4.78 is 5.13. The fourth-order valence-corrected chi connectivity index (χ4v) is 2.52. The fourth-order valence-electron chi connectivity index (χ4n) is 2.52. The van der Waals surface area contributed by atoms with Gasteiger partial charge in [-0.15, -0.1) is 0 Å². The van der Waals surface area contributed by atoms with Gasteiger partial charge in [0.1, 0.15) is 0 Å². The number of nitrogens with one attached hydrogen (secondary N) is 1. The fraction of sp³-hybridized carbons (Fsp3) is 0.923. The van der Waals surface area contributed by atoms with E-state index in [0.717, 1.165) is 25.7 Å². The summed E-state index contributed by atoms with van der Waals surface area (Å²) in [7, 11) is 0. The molecule has 0 radical (unpaired) electrons. The lowest BCUT2D eigenvalue weighted by Crippen LogP contribution is -2.39. The summed E-state index contributed by atoms with van der Waals surface area (Å²) in [5.74, 6) is 0.596. The van der Waals surface area contributed by atoms with Gasteiger partial charge in [0.2, 0.25) is 5.91 Å². The van der Waals surface area contributed by atoms with E-state index in [2.05, 4.69) is 5.32 Å². The van der Waals surface area contributed by atoms with E-state index in [4.69, 9.17) is 15.6 Å². The van der Waals surface area contributed by atoms with Gasteiger partial charge in [-0.25, -0.2) is 0 Å². The topological polar surface area (TPSA) is 84.6 Å². The van der Waals surface area contributed by atoms with Crippen molar-refractivity contribution in [2.75, 3.05) is 32.9 Å². The molecule has 106 valence electrons. The first-order valence-electron chi connectivity index (χ1n) is 6.96. The van der Waals surface area contributed by atoms with E-state index >= 15 is 0 Å². The quantitative estimate of drug-likeness (QED) is 0.545. The van der Waals surface area contributed by atoms with Crippen molar-refractivity contribution in [1.82, 2.24) is 5.32 Å². The molecule has 5 heteroatoms. The third kappa shape index (κ3) is 5.33. The van der Waals surface area contributed by atoms with E-state index in [0.29, 0.717) is 32.2 Å². The Morgan fingerprint density at radius 1 is 1.33 bits per heavy atom. The zero-order valence-corrected chi connectivity index (χ0v) is 11.1. The van der Waals surface area contributed by atoms with Crippen LogP contribution in [-0.4, -0.2) is 43.9 Å². The smallest absolute Gasteiger partial charge is 0.223 e. The molecular weight excluding hydrogens is 232 g/mol. The van der Waals surface area contributed by atoms with Crippen LogP contribution >= 0.6 is 0 Å². The first-order valence-corrected chi connectivity index (χ1v) is 6.96. The maximum atomic E-state index is 12.0. The highest BCUT2D eigenvalue weighted by Crippen LogP contribution is 2.29. The highest BCUT2D eigenvalue weighted by molar-refractivity contribution is 5.79. The Kier molecular flexibility index (Phi) is 7.96. The molecule has 0 aromatic carbocycles. The molecule has 1 fully saturated rings. The molecule has 1 aliphatic carbocycles. The van der Waals surface area contributed by atoms with E-state index in [1.54, 1.807) is 0 Å². The third-order valence-corrected chi connectivity index (χ3v) is 3.55. The molecular formula is C13H26N2O3. The van der Waals surface area contributed by atoms with Gasteiger partial charge in [0.05, 0.1) is 13.2 Å². The minimum Gasteiger partial charge on any atom is -0.394 e. The Morgan fingerprint density at radius 2 is 2.11 bits per heavy atom. The van der Waals surface area contributed by atoms with E-state index in [9.17, 15) is 4.79 Å². The molecule has 0 heterocycles. The minimum atomic E-state index is 0.0482. The van der Waals surface area contributed by atoms with Crippen molar-refractivity contribution >= 4 is 5.91 Å². The van der Waals surface area contributed by atoms with Crippen LogP contribution in [-0.2, 0) is 9.53 Å². The van der Waals surface area contributed by atoms with Crippen LogP contribution in [0.5, 0.6) is 0 Å². The molecule has 1 amide bonds. The minimum absolute atomic E-state index is 0.0482. The standard InChI is InChI=1S/C13H26N2O3/c14-10-11-4-1-2-5-12(11)13(17)15-6-3-8-18-9-7-16/h11-12,16H,1-10,14H2,(H,15,17). The van der Waals surface area contributed by atoms with Crippen LogP contribution in [0.1, 0.15) is 32.1 Å². The number of hydrogen-bond acceptors (Lipinski definition) is 4. The van der Waals surface area contributed by atoms with Crippen molar-refractivity contribution in [3.63, 3.8) is 0 Å². The number of amides is 1. The molecule has 0 aromatic heterocycles. The number of ether oxygens (including phenoxy) is 1. The molecule has 0 spiro atoms. The molecule has 1 rings (SSSR count). The molecule has 0 saturated heterocycles. The third-order valence-electron chi connectivity index (χ3n) is 3.55. The zero-order chi connectivity index (χ0) is 13.2. The Morgan fingerprint density at radius 3 is 2.83 bits per heavy atom. The van der Waals surface area contributed by atoms with Crippen molar-refractivity contribution in [1.29, 1.82) is 0 Å². The predicted octanol–water partition coefficient (Wildman–Crippen LogP) is 0.267. The van der Waals surface area contributed by atoms with Crippen LogP contribution in [0.2, 0.25) is 0 Å². The molecule has 1 aliphatic rings. The Bertz CT molecular complexity index is 236. The summed E-state index contributed by atoms with van der Waals surface area (Å²) >= 11 is 0. The SMILES string of the molecule is NCC1CCCCC1C(=O)NCCCOCCO. The molecule has 18 heavy (non-hydrogen) atoms. The number of rotatable bonds is 8. The van der Waals surface area contributed by atoms with Crippen LogP contribution in [0.4, 0.5) is 0 Å². The van der Waals surface area contributed by atoms with E-state index in [1.165, 1.54) is 6.42 Å². The molecule has 4 N–H and O–H groups in total. The van der Waals surface area contributed by atoms with Crippen LogP contribution < -0.4 is 11.1 Å². The Hall–Kier alpha value is -0.650. The summed E-state index contributed by atoms with van der Waals surface area (Å²) in [6.45, 7) is 2.24. The summed E-state index contributed by atoms with van der Waals surface area (Å²) in [5.41, 5.74) is 5.72. The lowest BCUT2D eigenvalue weighted by molar-refractivity contribution is -0.127. The first kappa shape index (κ1) is 15.4. The second kappa shape index (κ2) is 9.30. The Labute approximate surface area is 109 Å². The normalized spacial score (nSPS) is 23.9. The highest BCUT2D eigenvalue weighted by atomic mass is 16.5. The molecule has 0 aromatic rings. The average Bonchev–Trinajstić information content (AvgIpc) is 2.42. The average molecular weight is 258 g/mol. The lowest BCUT2D eigenvalue weighted by Gasteiger charge is -2.29. The van der Waals surface area contributed by atoms with E-state index in [1.807, 2.05) is 0 Å². The van der Waals surface area contributed by atoms with E-state index < -0.39 is 0 Å². The first-order chi connectivity index (χ1) is 8.79. The van der Waals surface area contributed by atoms with Crippen molar-refractivity contribution in [2.24, 2.45) is 17.6 Å². The summed E-state index contributed by atoms with van der Waals surface area (Å²) in [4.78, 5) is 12.0. The predicted molar refractivity (Wildman–Crippen MR) is 70.0 cm³/mol. The second-order valence-electron chi connectivity index (χ2n) is 4.87. The monoisotopic (exact) mass is 258 g/mol. The largest absolute Gasteiger partial charge is 0.394 e.